The lowest BCUT2D eigenvalue weighted by atomic mass is 9.84. The van der Waals surface area contributed by atoms with Crippen molar-refractivity contribution in [1.29, 1.82) is 0 Å². The number of carbonyl (C=O) groups excluding carboxylic acids is 1. The first-order valence-electron chi connectivity index (χ1n) is 5.95. The second-order valence-electron chi connectivity index (χ2n) is 4.49. The van der Waals surface area contributed by atoms with Crippen molar-refractivity contribution in [3.63, 3.8) is 0 Å². The predicted molar refractivity (Wildman–Crippen MR) is 74.5 cm³/mol. The minimum absolute atomic E-state index is 0.106. The number of hydrazine groups is 1. The van der Waals surface area contributed by atoms with Crippen LogP contribution < -0.4 is 16.6 Å². The number of anilines is 1. The van der Waals surface area contributed by atoms with E-state index in [2.05, 4.69) is 22.0 Å². The van der Waals surface area contributed by atoms with E-state index in [-0.39, 0.29) is 10.7 Å². The van der Waals surface area contributed by atoms with Gasteiger partial charge in [0.05, 0.1) is 17.4 Å². The molecule has 2 rings (SSSR count). The number of aromatic nitrogens is 1. The summed E-state index contributed by atoms with van der Waals surface area (Å²) in [5.74, 6) is 5.25. The van der Waals surface area contributed by atoms with Crippen molar-refractivity contribution < 1.29 is 4.79 Å². The molecule has 1 fully saturated rings. The zero-order valence-corrected chi connectivity index (χ0v) is 11.2. The Labute approximate surface area is 111 Å². The zero-order chi connectivity index (χ0) is 13.0. The molecule has 1 saturated carbocycles. The van der Waals surface area contributed by atoms with Gasteiger partial charge in [0.25, 0.3) is 5.91 Å². The van der Waals surface area contributed by atoms with Gasteiger partial charge < -0.3 is 10.7 Å². The minimum atomic E-state index is -0.106. The number of hydrogen-bond donors (Lipinski definition) is 3. The number of nitrogens with two attached hydrogens (primary N) is 1. The number of nitrogen functional groups attached to an aromatic ring is 1. The molecule has 1 aromatic rings. The van der Waals surface area contributed by atoms with Gasteiger partial charge in [-0.1, -0.05) is 6.42 Å². The van der Waals surface area contributed by atoms with Gasteiger partial charge in [-0.2, -0.15) is 11.8 Å². The second kappa shape index (κ2) is 5.58. The molecule has 0 atom stereocenters. The SMILES string of the molecule is CSC1(CNC(=O)c2ccncc2NN)CCC1. The van der Waals surface area contributed by atoms with E-state index in [4.69, 9.17) is 5.84 Å². The summed E-state index contributed by atoms with van der Waals surface area (Å²) in [4.78, 5) is 16.0. The molecule has 4 N–H and O–H groups in total. The Morgan fingerprint density at radius 1 is 1.61 bits per heavy atom. The second-order valence-corrected chi connectivity index (χ2v) is 5.76. The summed E-state index contributed by atoms with van der Waals surface area (Å²) in [6, 6.07) is 1.66. The first-order chi connectivity index (χ1) is 8.71. The quantitative estimate of drug-likeness (QED) is 0.554. The number of pyridine rings is 1. The molecule has 18 heavy (non-hydrogen) atoms. The highest BCUT2D eigenvalue weighted by Crippen LogP contribution is 2.42. The number of carbonyl (C=O) groups is 1. The highest BCUT2D eigenvalue weighted by atomic mass is 32.2. The maximum atomic E-state index is 12.1. The Hall–Kier alpha value is -1.27. The molecule has 0 spiro atoms. The van der Waals surface area contributed by atoms with Crippen LogP contribution in [-0.4, -0.2) is 28.4 Å². The molecule has 1 aliphatic carbocycles. The van der Waals surface area contributed by atoms with Gasteiger partial charge in [0.15, 0.2) is 0 Å². The molecule has 0 bridgehead atoms. The molecule has 6 heteroatoms. The normalized spacial score (nSPS) is 16.8. The van der Waals surface area contributed by atoms with E-state index in [1.807, 2.05) is 11.8 Å². The lowest BCUT2D eigenvalue weighted by Crippen LogP contribution is -2.45. The summed E-state index contributed by atoms with van der Waals surface area (Å²) < 4.78 is 0.235. The summed E-state index contributed by atoms with van der Waals surface area (Å²) >= 11 is 1.84. The largest absolute Gasteiger partial charge is 0.351 e. The average Bonchev–Trinajstić information content (AvgIpc) is 2.37. The average molecular weight is 266 g/mol. The van der Waals surface area contributed by atoms with E-state index in [9.17, 15) is 4.79 Å². The van der Waals surface area contributed by atoms with Gasteiger partial charge in [-0.15, -0.1) is 0 Å². The number of amides is 1. The Bertz CT molecular complexity index is 428. The van der Waals surface area contributed by atoms with E-state index in [0.717, 1.165) is 0 Å². The molecule has 0 radical (unpaired) electrons. The summed E-state index contributed by atoms with van der Waals surface area (Å²) in [6.07, 6.45) is 8.83. The monoisotopic (exact) mass is 266 g/mol. The van der Waals surface area contributed by atoms with Crippen molar-refractivity contribution in [1.82, 2.24) is 10.3 Å². The number of thioether (sulfide) groups is 1. The van der Waals surface area contributed by atoms with Crippen LogP contribution in [0.2, 0.25) is 0 Å². The molecular weight excluding hydrogens is 248 g/mol. The molecule has 0 aromatic carbocycles. The maximum Gasteiger partial charge on any atom is 0.253 e. The zero-order valence-electron chi connectivity index (χ0n) is 10.4. The van der Waals surface area contributed by atoms with Crippen LogP contribution in [0.1, 0.15) is 29.6 Å². The summed E-state index contributed by atoms with van der Waals surface area (Å²) in [5.41, 5.74) is 3.56. The number of nitrogens with one attached hydrogen (secondary N) is 2. The molecule has 98 valence electrons. The molecule has 0 saturated heterocycles. The van der Waals surface area contributed by atoms with Gasteiger partial charge in [0.1, 0.15) is 0 Å². The lowest BCUT2D eigenvalue weighted by molar-refractivity contribution is 0.0944. The van der Waals surface area contributed by atoms with Crippen molar-refractivity contribution >= 4 is 23.4 Å². The van der Waals surface area contributed by atoms with E-state index in [0.29, 0.717) is 17.8 Å². The van der Waals surface area contributed by atoms with E-state index >= 15 is 0 Å². The molecule has 1 aliphatic rings. The van der Waals surface area contributed by atoms with Gasteiger partial charge in [0.2, 0.25) is 0 Å². The number of rotatable bonds is 5. The van der Waals surface area contributed by atoms with E-state index in [1.54, 1.807) is 18.5 Å². The fraction of sp³-hybridized carbons (Fsp3) is 0.500. The van der Waals surface area contributed by atoms with Crippen LogP contribution in [0.25, 0.3) is 0 Å². The van der Waals surface area contributed by atoms with Crippen molar-refractivity contribution in [2.75, 3.05) is 18.2 Å². The van der Waals surface area contributed by atoms with Crippen molar-refractivity contribution in [3.8, 4) is 0 Å². The molecular formula is C12H18N4OS. The van der Waals surface area contributed by atoms with E-state index < -0.39 is 0 Å². The van der Waals surface area contributed by atoms with Crippen molar-refractivity contribution in [3.05, 3.63) is 24.0 Å². The van der Waals surface area contributed by atoms with Crippen LogP contribution in [0.15, 0.2) is 18.5 Å². The molecule has 5 nitrogen and oxygen atoms in total. The fourth-order valence-electron chi connectivity index (χ4n) is 2.07. The highest BCUT2D eigenvalue weighted by Gasteiger charge is 2.36. The van der Waals surface area contributed by atoms with Gasteiger partial charge in [0, 0.05) is 17.5 Å². The van der Waals surface area contributed by atoms with Crippen LogP contribution in [0, 0.1) is 0 Å². The topological polar surface area (TPSA) is 80.0 Å². The standard InChI is InChI=1S/C12H18N4OS/c1-18-12(4-2-5-12)8-15-11(17)9-3-6-14-7-10(9)16-13/h3,6-7,16H,2,4-5,8,13H2,1H3,(H,15,17). The van der Waals surface area contributed by atoms with Gasteiger partial charge >= 0.3 is 0 Å². The van der Waals surface area contributed by atoms with Gasteiger partial charge in [-0.25, -0.2) is 0 Å². The summed E-state index contributed by atoms with van der Waals surface area (Å²) in [5, 5.41) is 2.98. The van der Waals surface area contributed by atoms with Crippen LogP contribution in [0.5, 0.6) is 0 Å². The van der Waals surface area contributed by atoms with Crippen LogP contribution in [0.3, 0.4) is 0 Å². The Morgan fingerprint density at radius 3 is 2.94 bits per heavy atom. The Balaban J connectivity index is 1.99. The third kappa shape index (κ3) is 2.59. The molecule has 1 aromatic heterocycles. The summed E-state index contributed by atoms with van der Waals surface area (Å²) in [7, 11) is 0. The number of nitrogens with zero attached hydrogens (tertiary/aromatic N) is 1. The smallest absolute Gasteiger partial charge is 0.253 e. The lowest BCUT2D eigenvalue weighted by Gasteiger charge is -2.40. The number of hydrogen-bond acceptors (Lipinski definition) is 5. The minimum Gasteiger partial charge on any atom is -0.351 e. The van der Waals surface area contributed by atoms with Gasteiger partial charge in [-0.05, 0) is 25.2 Å². The molecule has 0 unspecified atom stereocenters. The predicted octanol–water partition coefficient (Wildman–Crippen LogP) is 1.38. The molecule has 0 aliphatic heterocycles. The fourth-order valence-corrected chi connectivity index (χ4v) is 2.98. The van der Waals surface area contributed by atoms with Crippen LogP contribution in [0.4, 0.5) is 5.69 Å². The Kier molecular flexibility index (Phi) is 4.08. The maximum absolute atomic E-state index is 12.1. The van der Waals surface area contributed by atoms with Crippen molar-refractivity contribution in [2.45, 2.75) is 24.0 Å². The highest BCUT2D eigenvalue weighted by molar-refractivity contribution is 8.00. The van der Waals surface area contributed by atoms with Crippen LogP contribution >= 0.6 is 11.8 Å². The third-order valence-electron chi connectivity index (χ3n) is 3.49. The Morgan fingerprint density at radius 2 is 2.39 bits per heavy atom. The van der Waals surface area contributed by atoms with Crippen LogP contribution in [-0.2, 0) is 0 Å². The van der Waals surface area contributed by atoms with Crippen molar-refractivity contribution in [2.24, 2.45) is 5.84 Å². The molecule has 1 heterocycles. The van der Waals surface area contributed by atoms with E-state index in [1.165, 1.54) is 19.3 Å². The third-order valence-corrected chi connectivity index (χ3v) is 4.91. The summed E-state index contributed by atoms with van der Waals surface area (Å²) in [6.45, 7) is 0.708. The first-order valence-corrected chi connectivity index (χ1v) is 7.17. The van der Waals surface area contributed by atoms with Gasteiger partial charge in [-0.3, -0.25) is 15.6 Å². The first kappa shape index (κ1) is 13.2. The molecule has 1 amide bonds.